The van der Waals surface area contributed by atoms with Crippen molar-refractivity contribution in [1.82, 2.24) is 4.31 Å². The van der Waals surface area contributed by atoms with Crippen molar-refractivity contribution in [1.29, 1.82) is 0 Å². The number of hydrogen-bond acceptors (Lipinski definition) is 5. The summed E-state index contributed by atoms with van der Waals surface area (Å²) in [5.74, 6) is -0.240. The molecule has 10 heteroatoms. The van der Waals surface area contributed by atoms with Gasteiger partial charge in [0.2, 0.25) is 10.0 Å². The molecule has 1 saturated heterocycles. The average molecular weight is 471 g/mol. The van der Waals surface area contributed by atoms with Gasteiger partial charge >= 0.3 is 12.1 Å². The van der Waals surface area contributed by atoms with E-state index in [1.807, 2.05) is 31.2 Å². The van der Waals surface area contributed by atoms with Gasteiger partial charge in [-0.3, -0.25) is 4.79 Å². The molecule has 174 valence electrons. The standard InChI is InChI=1S/C22H24F3NO5S/c1-16-5-7-19(8-6-16)30-13-14-31-21(27)17-9-11-26(12-10-17)32(28,29)20-4-2-3-18(15-20)22(23,24)25/h2-8,15,17H,9-14H2,1H3. The lowest BCUT2D eigenvalue weighted by Gasteiger charge is -2.30. The van der Waals surface area contributed by atoms with Crippen LogP contribution in [0, 0.1) is 12.8 Å². The molecule has 0 amide bonds. The van der Waals surface area contributed by atoms with Crippen LogP contribution in [0.5, 0.6) is 5.75 Å². The van der Waals surface area contributed by atoms with Gasteiger partial charge in [-0.25, -0.2) is 8.42 Å². The first kappa shape index (κ1) is 24.1. The van der Waals surface area contributed by atoms with Gasteiger partial charge in [0.15, 0.2) is 0 Å². The van der Waals surface area contributed by atoms with E-state index >= 15 is 0 Å². The number of esters is 1. The summed E-state index contributed by atoms with van der Waals surface area (Å²) >= 11 is 0. The van der Waals surface area contributed by atoms with E-state index in [1.165, 1.54) is 0 Å². The van der Waals surface area contributed by atoms with E-state index in [4.69, 9.17) is 9.47 Å². The van der Waals surface area contributed by atoms with E-state index in [9.17, 15) is 26.4 Å². The molecule has 1 aliphatic rings. The van der Waals surface area contributed by atoms with Crippen LogP contribution in [-0.2, 0) is 25.7 Å². The Bertz CT molecular complexity index is 1030. The lowest BCUT2D eigenvalue weighted by Crippen LogP contribution is -2.40. The molecule has 0 aliphatic carbocycles. The van der Waals surface area contributed by atoms with Crippen molar-refractivity contribution in [2.75, 3.05) is 26.3 Å². The quantitative estimate of drug-likeness (QED) is 0.450. The smallest absolute Gasteiger partial charge is 0.416 e. The van der Waals surface area contributed by atoms with Crippen LogP contribution < -0.4 is 4.74 Å². The SMILES string of the molecule is Cc1ccc(OCCOC(=O)C2CCN(S(=O)(=O)c3cccc(C(F)(F)F)c3)CC2)cc1. The Morgan fingerprint density at radius 3 is 2.34 bits per heavy atom. The predicted molar refractivity (Wildman–Crippen MR) is 111 cm³/mol. The van der Waals surface area contributed by atoms with Gasteiger partial charge in [-0.05, 0) is 50.1 Å². The molecular weight excluding hydrogens is 447 g/mol. The zero-order chi connectivity index (χ0) is 23.4. The Kier molecular flexibility index (Phi) is 7.45. The number of hydrogen-bond donors (Lipinski definition) is 0. The van der Waals surface area contributed by atoms with Crippen molar-refractivity contribution in [3.8, 4) is 5.75 Å². The second-order valence-electron chi connectivity index (χ2n) is 7.53. The zero-order valence-corrected chi connectivity index (χ0v) is 18.3. The topological polar surface area (TPSA) is 72.9 Å². The molecule has 0 aromatic heterocycles. The minimum atomic E-state index is -4.63. The lowest BCUT2D eigenvalue weighted by molar-refractivity contribution is -0.150. The zero-order valence-electron chi connectivity index (χ0n) is 17.5. The highest BCUT2D eigenvalue weighted by Crippen LogP contribution is 2.32. The van der Waals surface area contributed by atoms with Gasteiger partial charge in [0.25, 0.3) is 0 Å². The third-order valence-electron chi connectivity index (χ3n) is 5.20. The Hall–Kier alpha value is -2.59. The molecule has 2 aromatic rings. The maximum absolute atomic E-state index is 12.9. The van der Waals surface area contributed by atoms with Gasteiger partial charge in [-0.2, -0.15) is 17.5 Å². The van der Waals surface area contributed by atoms with Gasteiger partial charge in [0.1, 0.15) is 19.0 Å². The normalized spacial score (nSPS) is 16.0. The van der Waals surface area contributed by atoms with Crippen LogP contribution in [0.2, 0.25) is 0 Å². The summed E-state index contributed by atoms with van der Waals surface area (Å²) in [7, 11) is -4.09. The number of carbonyl (C=O) groups is 1. The number of aryl methyl sites for hydroxylation is 1. The largest absolute Gasteiger partial charge is 0.490 e. The average Bonchev–Trinajstić information content (AvgIpc) is 2.77. The minimum Gasteiger partial charge on any atom is -0.490 e. The molecule has 1 heterocycles. The van der Waals surface area contributed by atoms with Crippen LogP contribution in [0.4, 0.5) is 13.2 Å². The van der Waals surface area contributed by atoms with Gasteiger partial charge in [-0.1, -0.05) is 23.8 Å². The molecule has 0 bridgehead atoms. The fraction of sp³-hybridized carbons (Fsp3) is 0.409. The highest BCUT2D eigenvalue weighted by Gasteiger charge is 2.35. The molecule has 0 spiro atoms. The molecule has 0 saturated carbocycles. The van der Waals surface area contributed by atoms with E-state index in [0.29, 0.717) is 11.8 Å². The number of sulfonamides is 1. The minimum absolute atomic E-state index is 0.0260. The molecule has 2 aromatic carbocycles. The number of alkyl halides is 3. The van der Waals surface area contributed by atoms with Crippen LogP contribution in [0.15, 0.2) is 53.4 Å². The van der Waals surface area contributed by atoms with Crippen LogP contribution >= 0.6 is 0 Å². The third-order valence-corrected chi connectivity index (χ3v) is 7.10. The molecule has 0 radical (unpaired) electrons. The molecule has 0 atom stereocenters. The Morgan fingerprint density at radius 1 is 1.06 bits per heavy atom. The summed E-state index contributed by atoms with van der Waals surface area (Å²) < 4.78 is 76.0. The van der Waals surface area contributed by atoms with Crippen molar-refractivity contribution in [2.45, 2.75) is 30.8 Å². The van der Waals surface area contributed by atoms with Gasteiger partial charge in [-0.15, -0.1) is 0 Å². The van der Waals surface area contributed by atoms with E-state index in [1.54, 1.807) is 0 Å². The number of piperidine rings is 1. The molecule has 0 N–H and O–H groups in total. The fourth-order valence-electron chi connectivity index (χ4n) is 3.37. The monoisotopic (exact) mass is 471 g/mol. The molecule has 6 nitrogen and oxygen atoms in total. The summed E-state index contributed by atoms with van der Waals surface area (Å²) in [5.41, 5.74) is 0.0788. The second kappa shape index (κ2) is 9.91. The van der Waals surface area contributed by atoms with Gasteiger partial charge in [0, 0.05) is 13.1 Å². The van der Waals surface area contributed by atoms with Crippen molar-refractivity contribution in [3.05, 3.63) is 59.7 Å². The molecule has 1 fully saturated rings. The van der Waals surface area contributed by atoms with Gasteiger partial charge < -0.3 is 9.47 Å². The number of nitrogens with zero attached hydrogens (tertiary/aromatic N) is 1. The summed E-state index contributed by atoms with van der Waals surface area (Å²) in [4.78, 5) is 11.8. The van der Waals surface area contributed by atoms with Crippen molar-refractivity contribution < 1.29 is 35.9 Å². The third kappa shape index (κ3) is 6.01. The molecule has 0 unspecified atom stereocenters. The predicted octanol–water partition coefficient (Wildman–Crippen LogP) is 4.04. The number of ether oxygens (including phenoxy) is 2. The summed E-state index contributed by atoms with van der Waals surface area (Å²) in [6.45, 7) is 2.27. The van der Waals surface area contributed by atoms with E-state index in [2.05, 4.69) is 0 Å². The Balaban J connectivity index is 1.48. The number of benzene rings is 2. The lowest BCUT2D eigenvalue weighted by atomic mass is 9.98. The van der Waals surface area contributed by atoms with Gasteiger partial charge in [0.05, 0.1) is 16.4 Å². The number of rotatable bonds is 7. The van der Waals surface area contributed by atoms with E-state index < -0.39 is 38.5 Å². The van der Waals surface area contributed by atoms with Crippen molar-refractivity contribution in [3.63, 3.8) is 0 Å². The maximum atomic E-state index is 12.9. The first-order chi connectivity index (χ1) is 15.1. The first-order valence-electron chi connectivity index (χ1n) is 10.1. The number of carbonyl (C=O) groups excluding carboxylic acids is 1. The van der Waals surface area contributed by atoms with Crippen LogP contribution in [0.3, 0.4) is 0 Å². The van der Waals surface area contributed by atoms with E-state index in [-0.39, 0.29) is 39.1 Å². The van der Waals surface area contributed by atoms with Crippen LogP contribution in [-0.4, -0.2) is 45.0 Å². The van der Waals surface area contributed by atoms with Crippen molar-refractivity contribution >= 4 is 16.0 Å². The van der Waals surface area contributed by atoms with Crippen LogP contribution in [0.1, 0.15) is 24.0 Å². The van der Waals surface area contributed by atoms with E-state index in [0.717, 1.165) is 28.1 Å². The molecular formula is C22H24F3NO5S. The number of halogens is 3. The van der Waals surface area contributed by atoms with Crippen LogP contribution in [0.25, 0.3) is 0 Å². The Labute approximate surface area is 185 Å². The fourth-order valence-corrected chi connectivity index (χ4v) is 4.88. The highest BCUT2D eigenvalue weighted by atomic mass is 32.2. The summed E-state index contributed by atoms with van der Waals surface area (Å²) in [6.07, 6.45) is -4.17. The highest BCUT2D eigenvalue weighted by molar-refractivity contribution is 7.89. The molecule has 3 rings (SSSR count). The summed E-state index contributed by atoms with van der Waals surface area (Å²) in [6, 6.07) is 11.1. The second-order valence-corrected chi connectivity index (χ2v) is 9.47. The molecule has 32 heavy (non-hydrogen) atoms. The van der Waals surface area contributed by atoms with Crippen molar-refractivity contribution in [2.24, 2.45) is 5.92 Å². The first-order valence-corrected chi connectivity index (χ1v) is 11.5. The summed E-state index contributed by atoms with van der Waals surface area (Å²) in [5, 5.41) is 0. The molecule has 1 aliphatic heterocycles. The Morgan fingerprint density at radius 2 is 1.72 bits per heavy atom. The maximum Gasteiger partial charge on any atom is 0.416 e.